The van der Waals surface area contributed by atoms with Crippen LogP contribution in [0.1, 0.15) is 57.9 Å². The van der Waals surface area contributed by atoms with Crippen molar-refractivity contribution in [1.82, 2.24) is 40.9 Å². The summed E-state index contributed by atoms with van der Waals surface area (Å²) in [6, 6.07) is 2.12. The maximum Gasteiger partial charge on any atom is 0.409 e. The number of piperidine rings is 1. The van der Waals surface area contributed by atoms with E-state index in [1.165, 1.54) is 31.1 Å². The fourth-order valence-corrected chi connectivity index (χ4v) is 7.21. The van der Waals surface area contributed by atoms with E-state index in [2.05, 4.69) is 26.6 Å². The Balaban J connectivity index is 1.22. The molecular weight excluding hydrogens is 885 g/mol. The maximum atomic E-state index is 13.5. The van der Waals surface area contributed by atoms with E-state index in [1.807, 2.05) is 0 Å². The molecule has 0 bridgehead atoms. The number of hydrogen-bond donors (Lipinski definition) is 9. The number of nitrogens with two attached hydrogens (primary N) is 1. The molecule has 1 unspecified atom stereocenters. The number of nitrogens with one attached hydrogen (secondary N) is 5. The predicted molar refractivity (Wildman–Crippen MR) is 232 cm³/mol. The van der Waals surface area contributed by atoms with Crippen molar-refractivity contribution in [3.63, 3.8) is 0 Å². The van der Waals surface area contributed by atoms with Crippen molar-refractivity contribution in [3.05, 3.63) is 42.0 Å². The molecule has 0 spiro atoms. The van der Waals surface area contributed by atoms with Gasteiger partial charge in [-0.3, -0.25) is 38.5 Å². The van der Waals surface area contributed by atoms with Crippen molar-refractivity contribution in [2.75, 3.05) is 52.2 Å². The van der Waals surface area contributed by atoms with Gasteiger partial charge >= 0.3 is 30.0 Å². The normalized spacial score (nSPS) is 20.7. The average molecular weight is 945 g/mol. The molecule has 2 saturated heterocycles. The van der Waals surface area contributed by atoms with E-state index < -0.39 is 91.1 Å². The lowest BCUT2D eigenvalue weighted by Crippen LogP contribution is -2.68. The Labute approximate surface area is 385 Å². The van der Waals surface area contributed by atoms with Crippen molar-refractivity contribution >= 4 is 65.3 Å². The molecule has 25 heteroatoms. The number of benzene rings is 1. The van der Waals surface area contributed by atoms with Gasteiger partial charge < -0.3 is 71.8 Å². The highest BCUT2D eigenvalue weighted by atomic mass is 16.6. The molecule has 67 heavy (non-hydrogen) atoms. The van der Waals surface area contributed by atoms with Crippen molar-refractivity contribution in [3.8, 4) is 0 Å². The highest BCUT2D eigenvalue weighted by Crippen LogP contribution is 2.27. The van der Waals surface area contributed by atoms with Gasteiger partial charge in [-0.1, -0.05) is 32.4 Å². The van der Waals surface area contributed by atoms with Crippen LogP contribution in [-0.4, -0.2) is 184 Å². The van der Waals surface area contributed by atoms with Crippen LogP contribution in [0.15, 0.2) is 36.4 Å². The number of aliphatic hydroxyl groups is 3. The van der Waals surface area contributed by atoms with Gasteiger partial charge in [-0.15, -0.1) is 0 Å². The molecule has 3 aliphatic heterocycles. The molecule has 0 aromatic heterocycles. The number of rotatable bonds is 23. The number of fused-ring (bicyclic) bond motifs is 1. The topological polar surface area (TPSA) is 349 Å². The molecule has 2 fully saturated rings. The number of urea groups is 1. The second-order valence-corrected chi connectivity index (χ2v) is 16.6. The van der Waals surface area contributed by atoms with Gasteiger partial charge in [0.15, 0.2) is 0 Å². The second kappa shape index (κ2) is 24.6. The first-order valence-corrected chi connectivity index (χ1v) is 21.7. The van der Waals surface area contributed by atoms with Crippen LogP contribution >= 0.6 is 0 Å². The van der Waals surface area contributed by atoms with Crippen LogP contribution in [0.2, 0.25) is 0 Å². The Kier molecular flexibility index (Phi) is 19.4. The zero-order valence-electron chi connectivity index (χ0n) is 37.7. The Morgan fingerprint density at radius 1 is 0.806 bits per heavy atom. The number of aliphatic hydroxyl groups excluding tert-OH is 3. The molecule has 7 atom stereocenters. The van der Waals surface area contributed by atoms with Crippen molar-refractivity contribution < 1.29 is 72.7 Å². The minimum absolute atomic E-state index is 0.00877. The summed E-state index contributed by atoms with van der Waals surface area (Å²) in [7, 11) is 2.80. The zero-order chi connectivity index (χ0) is 49.5. The highest BCUT2D eigenvalue weighted by molar-refractivity contribution is 6.37. The van der Waals surface area contributed by atoms with Crippen LogP contribution in [0, 0.1) is 5.92 Å². The van der Waals surface area contributed by atoms with Crippen LogP contribution in [0.5, 0.6) is 0 Å². The van der Waals surface area contributed by atoms with Crippen molar-refractivity contribution in [1.29, 1.82) is 0 Å². The van der Waals surface area contributed by atoms with Gasteiger partial charge in [-0.25, -0.2) is 14.4 Å². The third kappa shape index (κ3) is 14.8. The fourth-order valence-electron chi connectivity index (χ4n) is 7.21. The number of ether oxygens (including phenoxy) is 2. The minimum Gasteiger partial charge on any atom is -0.447 e. The van der Waals surface area contributed by atoms with E-state index in [0.29, 0.717) is 30.5 Å². The van der Waals surface area contributed by atoms with E-state index in [1.54, 1.807) is 38.1 Å². The third-order valence-electron chi connectivity index (χ3n) is 11.2. The summed E-state index contributed by atoms with van der Waals surface area (Å²) in [4.78, 5) is 128. The lowest BCUT2D eigenvalue weighted by Gasteiger charge is -2.44. The number of anilines is 1. The van der Waals surface area contributed by atoms with Crippen LogP contribution in [-0.2, 0) is 49.6 Å². The Morgan fingerprint density at radius 3 is 2.04 bits per heavy atom. The molecule has 1 aromatic rings. The summed E-state index contributed by atoms with van der Waals surface area (Å²) >= 11 is 0. The van der Waals surface area contributed by atoms with Gasteiger partial charge in [0.2, 0.25) is 17.7 Å². The van der Waals surface area contributed by atoms with Gasteiger partial charge in [-0.2, -0.15) is 0 Å². The summed E-state index contributed by atoms with van der Waals surface area (Å²) in [5.74, 6) is -4.81. The number of amides is 11. The molecule has 11 amide bonds. The van der Waals surface area contributed by atoms with Gasteiger partial charge in [0.05, 0.1) is 6.04 Å². The van der Waals surface area contributed by atoms with Crippen LogP contribution < -0.4 is 32.3 Å². The Bertz CT molecular complexity index is 2020. The quantitative estimate of drug-likeness (QED) is 0.0313. The number of nitrogens with zero attached hydrogens (tertiary/aromatic N) is 4. The van der Waals surface area contributed by atoms with E-state index in [9.17, 15) is 63.3 Å². The molecule has 0 saturated carbocycles. The van der Waals surface area contributed by atoms with Gasteiger partial charge in [0, 0.05) is 64.5 Å². The molecule has 1 aromatic carbocycles. The molecule has 10 N–H and O–H groups in total. The lowest BCUT2D eigenvalue weighted by molar-refractivity contribution is -0.175. The monoisotopic (exact) mass is 944 g/mol. The first kappa shape index (κ1) is 52.8. The molecule has 3 heterocycles. The first-order chi connectivity index (χ1) is 31.7. The molecule has 25 nitrogen and oxygen atoms in total. The summed E-state index contributed by atoms with van der Waals surface area (Å²) in [6.45, 7) is 3.00. The summed E-state index contributed by atoms with van der Waals surface area (Å²) in [5.41, 5.74) is 6.05. The number of carbonyl (C=O) groups is 10. The van der Waals surface area contributed by atoms with E-state index in [-0.39, 0.29) is 75.7 Å². The summed E-state index contributed by atoms with van der Waals surface area (Å²) in [6.07, 6.45) is -3.72. The van der Waals surface area contributed by atoms with E-state index >= 15 is 0 Å². The zero-order valence-corrected chi connectivity index (χ0v) is 37.7. The Hall–Kier alpha value is -6.86. The SMILES string of the molecule is CC(C)C(NC(=O)CCCCCN1C(=O)C=CC1=O)C(=O)N[C@@H](CCCNC(N)=O)C(=O)Nc1ccc(COC(=O)N(C)CCN(C)C(=O)OC[C@@H]2[C@@H](O)[C@H](O)[C@H](O)[C@H]3NC(=O)C(=O)N23)cc1. The maximum absolute atomic E-state index is 13.5. The van der Waals surface area contributed by atoms with Crippen LogP contribution in [0.3, 0.4) is 0 Å². The van der Waals surface area contributed by atoms with Crippen LogP contribution in [0.25, 0.3) is 0 Å². The van der Waals surface area contributed by atoms with Gasteiger partial charge in [0.1, 0.15) is 49.8 Å². The average Bonchev–Trinajstić information content (AvgIpc) is 3.77. The second-order valence-electron chi connectivity index (χ2n) is 16.6. The highest BCUT2D eigenvalue weighted by Gasteiger charge is 2.55. The fraction of sp³-hybridized carbons (Fsp3) is 0.571. The standard InChI is InChI=1S/C42H60N10O15/c1-23(2)31(47-28(53)10-6-5-7-18-51-29(54)15-16-30(51)55)37(60)46-26(9-8-17-44-40(43)63)36(59)45-25-13-11-24(12-14-25)21-66-41(64)49(3)19-20-50(4)42(65)67-22-27-32(56)33(57)34(58)35-48-38(61)39(62)52(27)35/h11-16,23,26-27,31-35,56-58H,5-10,17-22H2,1-4H3,(H,45,59)(H,46,60)(H,47,53)(H,48,61)(H3,43,44,63)/t26-,27+,31?,32+,33-,34-,35-/m0/s1. The minimum atomic E-state index is -1.74. The molecule has 3 aliphatic rings. The first-order valence-electron chi connectivity index (χ1n) is 21.7. The number of primary amides is 1. The molecule has 368 valence electrons. The number of hydrogen-bond acceptors (Lipinski definition) is 15. The van der Waals surface area contributed by atoms with Crippen molar-refractivity contribution in [2.45, 2.75) is 102 Å². The molecular formula is C42H60N10O15. The Morgan fingerprint density at radius 2 is 1.43 bits per heavy atom. The van der Waals surface area contributed by atoms with Crippen LogP contribution in [0.4, 0.5) is 20.1 Å². The van der Waals surface area contributed by atoms with Gasteiger partial charge in [-0.05, 0) is 49.3 Å². The smallest absolute Gasteiger partial charge is 0.409 e. The van der Waals surface area contributed by atoms with E-state index in [4.69, 9.17) is 15.2 Å². The molecule has 4 rings (SSSR count). The summed E-state index contributed by atoms with van der Waals surface area (Å²) < 4.78 is 10.6. The number of unbranched alkanes of at least 4 members (excludes halogenated alkanes) is 2. The van der Waals surface area contributed by atoms with E-state index in [0.717, 1.165) is 14.7 Å². The molecule has 0 aliphatic carbocycles. The largest absolute Gasteiger partial charge is 0.447 e. The predicted octanol–water partition coefficient (Wildman–Crippen LogP) is -2.43. The number of imide groups is 1. The number of carbonyl (C=O) groups excluding carboxylic acids is 10. The summed E-state index contributed by atoms with van der Waals surface area (Å²) in [5, 5.41) is 43.7. The molecule has 0 radical (unpaired) electrons. The van der Waals surface area contributed by atoms with Crippen molar-refractivity contribution in [2.24, 2.45) is 11.7 Å². The van der Waals surface area contributed by atoms with Gasteiger partial charge in [0.25, 0.3) is 11.8 Å². The third-order valence-corrected chi connectivity index (χ3v) is 11.2. The number of likely N-dealkylation sites (N-methyl/N-ethyl adjacent to an activating group) is 2. The lowest BCUT2D eigenvalue weighted by atomic mass is 9.92.